The van der Waals surface area contributed by atoms with Crippen LogP contribution in [0.25, 0.3) is 5.69 Å². The molecule has 9 heteroatoms. The van der Waals surface area contributed by atoms with Gasteiger partial charge in [-0.05, 0) is 43.2 Å². The Kier molecular flexibility index (Phi) is 5.59. The molecule has 1 aromatic carbocycles. The number of amides is 2. The summed E-state index contributed by atoms with van der Waals surface area (Å²) in [5, 5.41) is 6.86. The van der Waals surface area contributed by atoms with E-state index in [1.54, 1.807) is 23.5 Å². The predicted octanol–water partition coefficient (Wildman–Crippen LogP) is 4.04. The van der Waals surface area contributed by atoms with Crippen LogP contribution in [0.2, 0.25) is 5.02 Å². The maximum absolute atomic E-state index is 12.3. The van der Waals surface area contributed by atoms with Crippen molar-refractivity contribution in [2.75, 3.05) is 16.8 Å². The lowest BCUT2D eigenvalue weighted by Gasteiger charge is -2.25. The Balaban J connectivity index is 1.50. The van der Waals surface area contributed by atoms with Crippen molar-refractivity contribution >= 4 is 29.4 Å². The van der Waals surface area contributed by atoms with E-state index in [1.165, 1.54) is 0 Å². The summed E-state index contributed by atoms with van der Waals surface area (Å²) in [6, 6.07) is 9.12. The second-order valence-corrected chi connectivity index (χ2v) is 8.09. The van der Waals surface area contributed by atoms with Crippen molar-refractivity contribution < 1.29 is 4.79 Å². The van der Waals surface area contributed by atoms with Crippen LogP contribution in [-0.4, -0.2) is 38.1 Å². The van der Waals surface area contributed by atoms with Crippen molar-refractivity contribution in [2.24, 2.45) is 5.92 Å². The maximum atomic E-state index is 12.3. The SMILES string of the molecule is CC(C)[C@H]1CNC(=O)N1c1ccnc(N[C@H](C)c2cn(-c3ccc(Cl)cc3)cn2)n1. The topological polar surface area (TPSA) is 88.0 Å². The normalized spacial score (nSPS) is 17.3. The number of nitrogens with one attached hydrogen (secondary N) is 2. The Hall–Kier alpha value is -3.13. The lowest BCUT2D eigenvalue weighted by Crippen LogP contribution is -2.38. The largest absolute Gasteiger partial charge is 0.346 e. The first-order valence-corrected chi connectivity index (χ1v) is 10.3. The van der Waals surface area contributed by atoms with E-state index in [0.29, 0.717) is 29.3 Å². The summed E-state index contributed by atoms with van der Waals surface area (Å²) in [4.78, 5) is 27.4. The van der Waals surface area contributed by atoms with Crippen LogP contribution in [0.4, 0.5) is 16.6 Å². The van der Waals surface area contributed by atoms with E-state index in [4.69, 9.17) is 11.6 Å². The van der Waals surface area contributed by atoms with E-state index in [1.807, 2.05) is 42.0 Å². The zero-order valence-corrected chi connectivity index (χ0v) is 17.8. The summed E-state index contributed by atoms with van der Waals surface area (Å²) in [6.07, 6.45) is 5.37. The lowest BCUT2D eigenvalue weighted by molar-refractivity contribution is 0.251. The molecule has 1 aliphatic heterocycles. The Labute approximate surface area is 180 Å². The molecule has 0 bridgehead atoms. The lowest BCUT2D eigenvalue weighted by atomic mass is 10.0. The number of halogens is 1. The first-order valence-electron chi connectivity index (χ1n) is 9.89. The van der Waals surface area contributed by atoms with E-state index < -0.39 is 0 Å². The van der Waals surface area contributed by atoms with Crippen LogP contribution >= 0.6 is 11.6 Å². The number of rotatable bonds is 6. The number of benzene rings is 1. The smallest absolute Gasteiger partial charge is 0.323 e. The van der Waals surface area contributed by atoms with Crippen LogP contribution in [0, 0.1) is 5.92 Å². The first-order chi connectivity index (χ1) is 14.4. The number of hydrogen-bond donors (Lipinski definition) is 2. The van der Waals surface area contributed by atoms with Crippen molar-refractivity contribution in [3.05, 3.63) is 59.8 Å². The second kappa shape index (κ2) is 8.31. The maximum Gasteiger partial charge on any atom is 0.323 e. The van der Waals surface area contributed by atoms with E-state index in [2.05, 4.69) is 39.4 Å². The molecule has 0 aliphatic carbocycles. The molecule has 2 atom stereocenters. The molecule has 1 fully saturated rings. The number of imidazole rings is 1. The number of nitrogens with zero attached hydrogens (tertiary/aromatic N) is 5. The molecule has 3 heterocycles. The Morgan fingerprint density at radius 2 is 1.93 bits per heavy atom. The van der Waals surface area contributed by atoms with Crippen molar-refractivity contribution in [2.45, 2.75) is 32.9 Å². The van der Waals surface area contributed by atoms with Crippen molar-refractivity contribution in [1.29, 1.82) is 0 Å². The van der Waals surface area contributed by atoms with Crippen LogP contribution in [0.3, 0.4) is 0 Å². The summed E-state index contributed by atoms with van der Waals surface area (Å²) in [5.74, 6) is 1.34. The molecule has 0 saturated carbocycles. The molecule has 0 spiro atoms. The van der Waals surface area contributed by atoms with Gasteiger partial charge in [-0.1, -0.05) is 25.4 Å². The monoisotopic (exact) mass is 425 g/mol. The van der Waals surface area contributed by atoms with Crippen LogP contribution in [-0.2, 0) is 0 Å². The Bertz CT molecular complexity index is 1030. The fourth-order valence-electron chi connectivity index (χ4n) is 3.46. The quantitative estimate of drug-likeness (QED) is 0.622. The highest BCUT2D eigenvalue weighted by molar-refractivity contribution is 6.30. The average Bonchev–Trinajstić information content (AvgIpc) is 3.36. The highest BCUT2D eigenvalue weighted by Gasteiger charge is 2.34. The number of urea groups is 1. The van der Waals surface area contributed by atoms with Gasteiger partial charge < -0.3 is 15.2 Å². The summed E-state index contributed by atoms with van der Waals surface area (Å²) < 4.78 is 1.93. The molecule has 2 aromatic heterocycles. The fourth-order valence-corrected chi connectivity index (χ4v) is 3.59. The Morgan fingerprint density at radius 1 is 1.17 bits per heavy atom. The number of anilines is 2. The zero-order chi connectivity index (χ0) is 21.3. The number of hydrogen-bond acceptors (Lipinski definition) is 5. The summed E-state index contributed by atoms with van der Waals surface area (Å²) in [7, 11) is 0. The molecular weight excluding hydrogens is 402 g/mol. The third-order valence-electron chi connectivity index (χ3n) is 5.19. The molecule has 0 radical (unpaired) electrons. The van der Waals surface area contributed by atoms with Crippen LogP contribution < -0.4 is 15.5 Å². The number of carbonyl (C=O) groups is 1. The van der Waals surface area contributed by atoms with Crippen LogP contribution in [0.1, 0.15) is 32.5 Å². The van der Waals surface area contributed by atoms with Gasteiger partial charge in [-0.25, -0.2) is 14.8 Å². The molecule has 3 aromatic rings. The van der Waals surface area contributed by atoms with Gasteiger partial charge in [0.15, 0.2) is 0 Å². The molecule has 156 valence electrons. The van der Waals surface area contributed by atoms with E-state index in [0.717, 1.165) is 11.4 Å². The van der Waals surface area contributed by atoms with Gasteiger partial charge in [0.1, 0.15) is 5.82 Å². The molecule has 1 saturated heterocycles. The van der Waals surface area contributed by atoms with Gasteiger partial charge in [-0.2, -0.15) is 4.98 Å². The van der Waals surface area contributed by atoms with Crippen LogP contribution in [0.5, 0.6) is 0 Å². The molecule has 1 aliphatic rings. The molecule has 2 amide bonds. The van der Waals surface area contributed by atoms with Gasteiger partial charge in [0.2, 0.25) is 5.95 Å². The minimum atomic E-state index is -0.131. The predicted molar refractivity (Wildman–Crippen MR) is 117 cm³/mol. The highest BCUT2D eigenvalue weighted by atomic mass is 35.5. The van der Waals surface area contributed by atoms with Crippen molar-refractivity contribution in [3.8, 4) is 5.69 Å². The highest BCUT2D eigenvalue weighted by Crippen LogP contribution is 2.24. The second-order valence-electron chi connectivity index (χ2n) is 7.65. The number of aromatic nitrogens is 4. The van der Waals surface area contributed by atoms with Gasteiger partial charge in [-0.15, -0.1) is 0 Å². The Morgan fingerprint density at radius 3 is 2.67 bits per heavy atom. The molecule has 2 N–H and O–H groups in total. The zero-order valence-electron chi connectivity index (χ0n) is 17.1. The third kappa shape index (κ3) is 4.09. The van der Waals surface area contributed by atoms with Gasteiger partial charge >= 0.3 is 6.03 Å². The van der Waals surface area contributed by atoms with E-state index in [9.17, 15) is 4.79 Å². The van der Waals surface area contributed by atoms with Crippen LogP contribution in [0.15, 0.2) is 49.1 Å². The average molecular weight is 426 g/mol. The third-order valence-corrected chi connectivity index (χ3v) is 5.44. The van der Waals surface area contributed by atoms with Crippen molar-refractivity contribution in [3.63, 3.8) is 0 Å². The molecular formula is C21H24ClN7O. The van der Waals surface area contributed by atoms with Gasteiger partial charge in [0.05, 0.1) is 24.1 Å². The molecule has 30 heavy (non-hydrogen) atoms. The fraction of sp³-hybridized carbons (Fsp3) is 0.333. The van der Waals surface area contributed by atoms with E-state index >= 15 is 0 Å². The minimum absolute atomic E-state index is 0.0627. The standard InChI is InChI=1S/C21H24ClN7O/c1-13(2)18-10-24-21(30)29(18)19-8-9-23-20(27-19)26-14(3)17-11-28(12-25-17)16-6-4-15(22)5-7-16/h4-9,11-14,18H,10H2,1-3H3,(H,24,30)(H,23,26,27)/t14-,18-/m1/s1. The summed E-state index contributed by atoms with van der Waals surface area (Å²) >= 11 is 5.96. The number of carbonyl (C=O) groups excluding carboxylic acids is 1. The first kappa shape index (κ1) is 20.2. The minimum Gasteiger partial charge on any atom is -0.346 e. The van der Waals surface area contributed by atoms with E-state index in [-0.39, 0.29) is 18.1 Å². The van der Waals surface area contributed by atoms with Gasteiger partial charge in [0.25, 0.3) is 0 Å². The van der Waals surface area contributed by atoms with Crippen molar-refractivity contribution in [1.82, 2.24) is 24.8 Å². The molecule has 4 rings (SSSR count). The van der Waals surface area contributed by atoms with Gasteiger partial charge in [0, 0.05) is 29.6 Å². The molecule has 0 unspecified atom stereocenters. The summed E-state index contributed by atoms with van der Waals surface area (Å²) in [5.41, 5.74) is 1.82. The summed E-state index contributed by atoms with van der Waals surface area (Å²) in [6.45, 7) is 6.79. The molecule has 8 nitrogen and oxygen atoms in total. The van der Waals surface area contributed by atoms with Gasteiger partial charge in [-0.3, -0.25) is 4.90 Å².